The summed E-state index contributed by atoms with van der Waals surface area (Å²) in [6.45, 7) is 2.53. The highest BCUT2D eigenvalue weighted by Gasteiger charge is 2.40. The molecule has 0 aromatic carbocycles. The van der Waals surface area contributed by atoms with Crippen molar-refractivity contribution in [3.8, 4) is 0 Å². The van der Waals surface area contributed by atoms with Crippen LogP contribution in [-0.4, -0.2) is 59.6 Å². The van der Waals surface area contributed by atoms with Gasteiger partial charge in [0.25, 0.3) is 0 Å². The van der Waals surface area contributed by atoms with Crippen LogP contribution in [0.4, 0.5) is 0 Å². The first kappa shape index (κ1) is 16.9. The van der Waals surface area contributed by atoms with Crippen molar-refractivity contribution in [3.63, 3.8) is 0 Å². The monoisotopic (exact) mass is 276 g/mol. The Labute approximate surface area is 115 Å². The maximum absolute atomic E-state index is 9.73. The van der Waals surface area contributed by atoms with Gasteiger partial charge >= 0.3 is 0 Å². The number of hydrogen-bond donors (Lipinski definition) is 3. The van der Waals surface area contributed by atoms with Gasteiger partial charge < -0.3 is 24.8 Å². The van der Waals surface area contributed by atoms with E-state index in [4.69, 9.17) is 14.6 Å². The molecule has 1 heterocycles. The summed E-state index contributed by atoms with van der Waals surface area (Å²) in [5.41, 5.74) is 0. The minimum Gasteiger partial charge on any atom is -0.394 e. The van der Waals surface area contributed by atoms with E-state index in [2.05, 4.69) is 6.92 Å². The minimum atomic E-state index is -0.994. The molecule has 5 nitrogen and oxygen atoms in total. The van der Waals surface area contributed by atoms with Crippen LogP contribution in [0.3, 0.4) is 0 Å². The Kier molecular flexibility index (Phi) is 8.57. The average molecular weight is 276 g/mol. The third-order valence-corrected chi connectivity index (χ3v) is 3.54. The Bertz CT molecular complexity index is 224. The highest BCUT2D eigenvalue weighted by atomic mass is 16.6. The Morgan fingerprint density at radius 1 is 1.21 bits per heavy atom. The van der Waals surface area contributed by atoms with Crippen molar-refractivity contribution >= 4 is 0 Å². The van der Waals surface area contributed by atoms with Crippen molar-refractivity contribution in [2.45, 2.75) is 69.9 Å². The molecule has 3 N–H and O–H groups in total. The number of hydrogen-bond acceptors (Lipinski definition) is 5. The molecule has 1 fully saturated rings. The van der Waals surface area contributed by atoms with Crippen molar-refractivity contribution in [2.24, 2.45) is 0 Å². The van der Waals surface area contributed by atoms with Crippen LogP contribution in [0.5, 0.6) is 0 Å². The van der Waals surface area contributed by atoms with Crippen LogP contribution in [0.25, 0.3) is 0 Å². The summed E-state index contributed by atoms with van der Waals surface area (Å²) in [6.07, 6.45) is 4.20. The van der Waals surface area contributed by atoms with Crippen LogP contribution in [0.2, 0.25) is 0 Å². The predicted octanol–water partition coefficient (Wildman–Crippen LogP) is 0.845. The highest BCUT2D eigenvalue weighted by Crippen LogP contribution is 2.21. The standard InChI is InChI=1S/C14H28O5/c1-2-3-4-5-6-7-8-18-14-12(17)10-19-13(14)11(16)9-15/h11-17H,2-10H2,1H3/t11-,12+,13-,14-/m1/s1. The molecular weight excluding hydrogens is 248 g/mol. The van der Waals surface area contributed by atoms with E-state index in [1.165, 1.54) is 25.7 Å². The van der Waals surface area contributed by atoms with Crippen molar-refractivity contribution in [3.05, 3.63) is 0 Å². The lowest BCUT2D eigenvalue weighted by Gasteiger charge is -2.23. The number of aliphatic hydroxyl groups is 3. The number of rotatable bonds is 10. The quantitative estimate of drug-likeness (QED) is 0.515. The maximum Gasteiger partial charge on any atom is 0.114 e. The maximum atomic E-state index is 9.73. The molecule has 19 heavy (non-hydrogen) atoms. The smallest absolute Gasteiger partial charge is 0.114 e. The minimum absolute atomic E-state index is 0.156. The lowest BCUT2D eigenvalue weighted by atomic mass is 10.1. The molecule has 5 heteroatoms. The third kappa shape index (κ3) is 5.75. The second-order valence-corrected chi connectivity index (χ2v) is 5.22. The molecule has 114 valence electrons. The molecule has 0 radical (unpaired) electrons. The third-order valence-electron chi connectivity index (χ3n) is 3.54. The number of ether oxygens (including phenoxy) is 2. The molecule has 0 saturated carbocycles. The number of unbranched alkanes of at least 4 members (excludes halogenated alkanes) is 5. The molecule has 4 atom stereocenters. The van der Waals surface area contributed by atoms with Crippen LogP contribution in [-0.2, 0) is 9.47 Å². The molecule has 1 aliphatic heterocycles. The summed E-state index contributed by atoms with van der Waals surface area (Å²) in [5, 5.41) is 28.2. The molecule has 0 aromatic heterocycles. The summed E-state index contributed by atoms with van der Waals surface area (Å²) in [6, 6.07) is 0. The summed E-state index contributed by atoms with van der Waals surface area (Å²) < 4.78 is 10.9. The van der Waals surface area contributed by atoms with E-state index in [9.17, 15) is 10.2 Å². The van der Waals surface area contributed by atoms with E-state index >= 15 is 0 Å². The molecule has 0 amide bonds. The van der Waals surface area contributed by atoms with Gasteiger partial charge in [0.2, 0.25) is 0 Å². The molecule has 1 saturated heterocycles. The second kappa shape index (κ2) is 9.66. The van der Waals surface area contributed by atoms with Crippen LogP contribution in [0.15, 0.2) is 0 Å². The van der Waals surface area contributed by atoms with Gasteiger partial charge in [0.15, 0.2) is 0 Å². The molecule has 0 unspecified atom stereocenters. The van der Waals surface area contributed by atoms with Crippen molar-refractivity contribution in [2.75, 3.05) is 19.8 Å². The normalized spacial score (nSPS) is 28.7. The Balaban J connectivity index is 2.15. The van der Waals surface area contributed by atoms with Gasteiger partial charge in [0.1, 0.15) is 24.4 Å². The lowest BCUT2D eigenvalue weighted by molar-refractivity contribution is -0.0938. The summed E-state index contributed by atoms with van der Waals surface area (Å²) in [5.74, 6) is 0. The first-order chi connectivity index (χ1) is 9.20. The van der Waals surface area contributed by atoms with E-state index in [0.29, 0.717) is 6.61 Å². The Morgan fingerprint density at radius 2 is 1.89 bits per heavy atom. The molecule has 0 aromatic rings. The van der Waals surface area contributed by atoms with Crippen molar-refractivity contribution in [1.29, 1.82) is 0 Å². The van der Waals surface area contributed by atoms with E-state index in [1.807, 2.05) is 0 Å². The summed E-state index contributed by atoms with van der Waals surface area (Å²) in [4.78, 5) is 0. The van der Waals surface area contributed by atoms with Crippen molar-refractivity contribution in [1.82, 2.24) is 0 Å². The van der Waals surface area contributed by atoms with Gasteiger partial charge in [-0.25, -0.2) is 0 Å². The summed E-state index contributed by atoms with van der Waals surface area (Å²) >= 11 is 0. The zero-order valence-corrected chi connectivity index (χ0v) is 11.8. The van der Waals surface area contributed by atoms with Crippen LogP contribution >= 0.6 is 0 Å². The van der Waals surface area contributed by atoms with Gasteiger partial charge in [-0.3, -0.25) is 0 Å². The molecule has 0 spiro atoms. The van der Waals surface area contributed by atoms with E-state index < -0.39 is 24.4 Å². The predicted molar refractivity (Wildman–Crippen MR) is 72.0 cm³/mol. The molecule has 0 bridgehead atoms. The Morgan fingerprint density at radius 3 is 2.58 bits per heavy atom. The fraction of sp³-hybridized carbons (Fsp3) is 1.00. The first-order valence-corrected chi connectivity index (χ1v) is 7.40. The highest BCUT2D eigenvalue weighted by molar-refractivity contribution is 4.89. The van der Waals surface area contributed by atoms with Gasteiger partial charge in [0.05, 0.1) is 13.2 Å². The molecule has 1 aliphatic rings. The fourth-order valence-electron chi connectivity index (χ4n) is 2.36. The van der Waals surface area contributed by atoms with E-state index in [0.717, 1.165) is 12.8 Å². The van der Waals surface area contributed by atoms with Crippen LogP contribution < -0.4 is 0 Å². The van der Waals surface area contributed by atoms with Gasteiger partial charge in [-0.2, -0.15) is 0 Å². The fourth-order valence-corrected chi connectivity index (χ4v) is 2.36. The molecule has 1 rings (SSSR count). The van der Waals surface area contributed by atoms with Gasteiger partial charge in [-0.15, -0.1) is 0 Å². The zero-order valence-electron chi connectivity index (χ0n) is 11.8. The SMILES string of the molecule is CCCCCCCCO[C@H]1[C@@H]([C@H](O)CO)OC[C@@H]1O. The van der Waals surface area contributed by atoms with Gasteiger partial charge in [0, 0.05) is 6.61 Å². The molecule has 0 aliphatic carbocycles. The second-order valence-electron chi connectivity index (χ2n) is 5.22. The van der Waals surface area contributed by atoms with Crippen molar-refractivity contribution < 1.29 is 24.8 Å². The first-order valence-electron chi connectivity index (χ1n) is 7.40. The lowest BCUT2D eigenvalue weighted by Crippen LogP contribution is -2.42. The largest absolute Gasteiger partial charge is 0.394 e. The average Bonchev–Trinajstić information content (AvgIpc) is 2.78. The summed E-state index contributed by atoms with van der Waals surface area (Å²) in [7, 11) is 0. The van der Waals surface area contributed by atoms with Crippen LogP contribution in [0.1, 0.15) is 45.4 Å². The topological polar surface area (TPSA) is 79.2 Å². The van der Waals surface area contributed by atoms with Gasteiger partial charge in [-0.05, 0) is 6.42 Å². The van der Waals surface area contributed by atoms with Crippen LogP contribution in [0, 0.1) is 0 Å². The Hall–Kier alpha value is -0.200. The van der Waals surface area contributed by atoms with E-state index in [-0.39, 0.29) is 13.2 Å². The number of aliphatic hydroxyl groups excluding tert-OH is 3. The zero-order chi connectivity index (χ0) is 14.1. The van der Waals surface area contributed by atoms with Gasteiger partial charge in [-0.1, -0.05) is 39.0 Å². The molecular formula is C14H28O5. The van der Waals surface area contributed by atoms with E-state index in [1.54, 1.807) is 0 Å².